The van der Waals surface area contributed by atoms with Gasteiger partial charge >= 0.3 is 0 Å². The van der Waals surface area contributed by atoms with Crippen LogP contribution < -0.4 is 15.2 Å². The van der Waals surface area contributed by atoms with Gasteiger partial charge in [0.05, 0.1) is 11.9 Å². The number of benzene rings is 1. The summed E-state index contributed by atoms with van der Waals surface area (Å²) >= 11 is 0. The van der Waals surface area contributed by atoms with Crippen molar-refractivity contribution in [1.29, 1.82) is 0 Å². The van der Waals surface area contributed by atoms with E-state index < -0.39 is 0 Å². The molecule has 5 heteroatoms. The number of aromatic amines is 1. The third-order valence-corrected chi connectivity index (χ3v) is 3.26. The van der Waals surface area contributed by atoms with Crippen molar-refractivity contribution in [3.05, 3.63) is 30.2 Å². The fraction of sp³-hybridized carbons (Fsp3) is 0.357. The third-order valence-electron chi connectivity index (χ3n) is 3.26. The zero-order valence-corrected chi connectivity index (χ0v) is 10.8. The molecular weight excluding hydrogens is 242 g/mol. The van der Waals surface area contributed by atoms with Crippen LogP contribution in [0.1, 0.15) is 12.7 Å². The minimum absolute atomic E-state index is 0.293. The van der Waals surface area contributed by atoms with E-state index in [9.17, 15) is 0 Å². The fourth-order valence-corrected chi connectivity index (χ4v) is 2.09. The van der Waals surface area contributed by atoms with E-state index in [1.54, 1.807) is 0 Å². The number of hydrogen-bond donors (Lipinski definition) is 2. The summed E-state index contributed by atoms with van der Waals surface area (Å²) in [5.41, 5.74) is 7.66. The highest BCUT2D eigenvalue weighted by molar-refractivity contribution is 5.64. The summed E-state index contributed by atoms with van der Waals surface area (Å²) in [5, 5.41) is 0. The Bertz CT molecular complexity index is 580. The second-order valence-electron chi connectivity index (χ2n) is 4.86. The molecule has 0 saturated heterocycles. The van der Waals surface area contributed by atoms with Gasteiger partial charge in [0.1, 0.15) is 5.82 Å². The number of rotatable bonds is 4. The van der Waals surface area contributed by atoms with Crippen molar-refractivity contribution >= 4 is 0 Å². The first kappa shape index (κ1) is 12.0. The molecular formula is C14H17N3O2. The van der Waals surface area contributed by atoms with Crippen LogP contribution in [0.15, 0.2) is 24.4 Å². The Morgan fingerprint density at radius 2 is 2.21 bits per heavy atom. The Balaban J connectivity index is 1.82. The number of nitrogens with zero attached hydrogens (tertiary/aromatic N) is 1. The first-order valence-electron chi connectivity index (χ1n) is 6.40. The molecule has 1 unspecified atom stereocenters. The largest absolute Gasteiger partial charge is 0.454 e. The molecule has 1 aromatic carbocycles. The smallest absolute Gasteiger partial charge is 0.231 e. The van der Waals surface area contributed by atoms with Crippen LogP contribution in [0, 0.1) is 5.92 Å². The number of fused-ring (bicyclic) bond motifs is 1. The van der Waals surface area contributed by atoms with Crippen LogP contribution in [0.25, 0.3) is 11.3 Å². The van der Waals surface area contributed by atoms with Crippen molar-refractivity contribution < 1.29 is 9.47 Å². The van der Waals surface area contributed by atoms with Gasteiger partial charge in [-0.15, -0.1) is 0 Å². The Morgan fingerprint density at radius 1 is 1.37 bits per heavy atom. The van der Waals surface area contributed by atoms with E-state index in [4.69, 9.17) is 15.2 Å². The van der Waals surface area contributed by atoms with Gasteiger partial charge in [-0.05, 0) is 30.7 Å². The Morgan fingerprint density at radius 3 is 3.05 bits per heavy atom. The number of imidazole rings is 1. The Hall–Kier alpha value is -2.01. The van der Waals surface area contributed by atoms with E-state index in [-0.39, 0.29) is 0 Å². The predicted octanol–water partition coefficient (Wildman–Crippen LogP) is 1.94. The molecule has 2 heterocycles. The molecule has 3 rings (SSSR count). The summed E-state index contributed by atoms with van der Waals surface area (Å²) < 4.78 is 10.7. The van der Waals surface area contributed by atoms with Gasteiger partial charge in [0.15, 0.2) is 11.5 Å². The lowest BCUT2D eigenvalue weighted by molar-refractivity contribution is 0.174. The minimum Gasteiger partial charge on any atom is -0.454 e. The maximum atomic E-state index is 5.63. The first-order chi connectivity index (χ1) is 9.26. The predicted molar refractivity (Wildman–Crippen MR) is 72.1 cm³/mol. The van der Waals surface area contributed by atoms with Crippen LogP contribution in [0.5, 0.6) is 11.5 Å². The average molecular weight is 259 g/mol. The van der Waals surface area contributed by atoms with Crippen molar-refractivity contribution in [2.45, 2.75) is 13.3 Å². The standard InChI is InChI=1S/C14H17N3O2/c1-9(6-15)4-14-16-7-11(17-14)10-2-3-12-13(5-10)19-8-18-12/h2-3,5,7,9H,4,6,8,15H2,1H3,(H,16,17). The monoisotopic (exact) mass is 259 g/mol. The Kier molecular flexibility index (Phi) is 3.13. The van der Waals surface area contributed by atoms with E-state index in [1.807, 2.05) is 24.4 Å². The molecule has 5 nitrogen and oxygen atoms in total. The highest BCUT2D eigenvalue weighted by Crippen LogP contribution is 2.35. The number of aromatic nitrogens is 2. The van der Waals surface area contributed by atoms with E-state index in [2.05, 4.69) is 16.9 Å². The Labute approximate surface area is 111 Å². The number of hydrogen-bond acceptors (Lipinski definition) is 4. The van der Waals surface area contributed by atoms with Gasteiger partial charge in [0.2, 0.25) is 6.79 Å². The number of ether oxygens (including phenoxy) is 2. The second-order valence-corrected chi connectivity index (χ2v) is 4.86. The van der Waals surface area contributed by atoms with Crippen LogP contribution in [0.2, 0.25) is 0 Å². The zero-order chi connectivity index (χ0) is 13.2. The van der Waals surface area contributed by atoms with E-state index in [0.717, 1.165) is 35.0 Å². The molecule has 0 aliphatic carbocycles. The molecule has 0 amide bonds. The number of nitrogens with two attached hydrogens (primary N) is 1. The summed E-state index contributed by atoms with van der Waals surface area (Å²) in [6, 6.07) is 5.88. The van der Waals surface area contributed by atoms with Crippen molar-refractivity contribution in [3.8, 4) is 22.8 Å². The lowest BCUT2D eigenvalue weighted by Crippen LogP contribution is -2.13. The molecule has 1 aliphatic rings. The molecule has 0 spiro atoms. The highest BCUT2D eigenvalue weighted by Gasteiger charge is 2.15. The fourth-order valence-electron chi connectivity index (χ4n) is 2.09. The number of H-pyrrole nitrogens is 1. The molecule has 0 radical (unpaired) electrons. The summed E-state index contributed by atoms with van der Waals surface area (Å²) in [7, 11) is 0. The van der Waals surface area contributed by atoms with E-state index >= 15 is 0 Å². The van der Waals surface area contributed by atoms with Gasteiger partial charge < -0.3 is 20.2 Å². The maximum Gasteiger partial charge on any atom is 0.231 e. The molecule has 1 atom stereocenters. The van der Waals surface area contributed by atoms with Crippen LogP contribution in [0.4, 0.5) is 0 Å². The normalized spacial score (nSPS) is 14.6. The molecule has 1 aromatic heterocycles. The van der Waals surface area contributed by atoms with E-state index in [1.165, 1.54) is 0 Å². The van der Waals surface area contributed by atoms with Gasteiger partial charge in [-0.25, -0.2) is 4.98 Å². The molecule has 19 heavy (non-hydrogen) atoms. The van der Waals surface area contributed by atoms with Crippen LogP contribution in [-0.4, -0.2) is 23.3 Å². The summed E-state index contributed by atoms with van der Waals surface area (Å²) in [6.07, 6.45) is 2.71. The van der Waals surface area contributed by atoms with Crippen LogP contribution in [0.3, 0.4) is 0 Å². The quantitative estimate of drug-likeness (QED) is 0.880. The molecule has 0 fully saturated rings. The molecule has 100 valence electrons. The SMILES string of the molecule is CC(CN)Cc1ncc(-c2ccc3c(c2)OCO3)[nH]1. The van der Waals surface area contributed by atoms with Crippen molar-refractivity contribution in [2.24, 2.45) is 11.7 Å². The molecule has 2 aromatic rings. The second kappa shape index (κ2) is 4.93. The third kappa shape index (κ3) is 2.42. The summed E-state index contributed by atoms with van der Waals surface area (Å²) in [4.78, 5) is 7.71. The van der Waals surface area contributed by atoms with Crippen molar-refractivity contribution in [1.82, 2.24) is 9.97 Å². The average Bonchev–Trinajstić information content (AvgIpc) is 3.05. The van der Waals surface area contributed by atoms with Crippen molar-refractivity contribution in [3.63, 3.8) is 0 Å². The molecule has 3 N–H and O–H groups in total. The maximum absolute atomic E-state index is 5.63. The summed E-state index contributed by atoms with van der Waals surface area (Å²) in [5.74, 6) is 2.96. The lowest BCUT2D eigenvalue weighted by Gasteiger charge is -2.04. The molecule has 0 bridgehead atoms. The van der Waals surface area contributed by atoms with Crippen molar-refractivity contribution in [2.75, 3.05) is 13.3 Å². The van der Waals surface area contributed by atoms with Gasteiger partial charge in [-0.1, -0.05) is 6.92 Å². The van der Waals surface area contributed by atoms with E-state index in [0.29, 0.717) is 19.3 Å². The lowest BCUT2D eigenvalue weighted by atomic mass is 10.1. The van der Waals surface area contributed by atoms with Gasteiger partial charge in [0.25, 0.3) is 0 Å². The first-order valence-corrected chi connectivity index (χ1v) is 6.40. The van der Waals surface area contributed by atoms with Gasteiger partial charge in [-0.2, -0.15) is 0 Å². The summed E-state index contributed by atoms with van der Waals surface area (Å²) in [6.45, 7) is 3.07. The topological polar surface area (TPSA) is 73.2 Å². The minimum atomic E-state index is 0.293. The van der Waals surface area contributed by atoms with Gasteiger partial charge in [-0.3, -0.25) is 0 Å². The number of nitrogens with one attached hydrogen (secondary N) is 1. The zero-order valence-electron chi connectivity index (χ0n) is 10.8. The van der Waals surface area contributed by atoms with Gasteiger partial charge in [0, 0.05) is 12.0 Å². The molecule has 0 saturated carbocycles. The highest BCUT2D eigenvalue weighted by atomic mass is 16.7. The molecule has 1 aliphatic heterocycles. The van der Waals surface area contributed by atoms with Crippen LogP contribution in [-0.2, 0) is 6.42 Å². The van der Waals surface area contributed by atoms with Crippen LogP contribution >= 0.6 is 0 Å².